The molecule has 0 N–H and O–H groups in total. The first-order chi connectivity index (χ1) is 13.3. The SMILES string of the molecule is O=C([C@H](Sc1nnnn1C[C@H]1CCCO1)c1ccccc1)N1CCCCC1. The molecule has 144 valence electrons. The quantitative estimate of drug-likeness (QED) is 0.710. The largest absolute Gasteiger partial charge is 0.376 e. The summed E-state index contributed by atoms with van der Waals surface area (Å²) in [5.41, 5.74) is 0.990. The summed E-state index contributed by atoms with van der Waals surface area (Å²) in [5, 5.41) is 12.5. The minimum atomic E-state index is -0.335. The molecule has 3 heterocycles. The number of amides is 1. The molecule has 1 aromatic heterocycles. The van der Waals surface area contributed by atoms with Crippen LogP contribution in [-0.4, -0.2) is 56.8 Å². The van der Waals surface area contributed by atoms with Crippen molar-refractivity contribution >= 4 is 17.7 Å². The zero-order valence-corrected chi connectivity index (χ0v) is 16.2. The van der Waals surface area contributed by atoms with Crippen LogP contribution in [0.2, 0.25) is 0 Å². The van der Waals surface area contributed by atoms with Crippen molar-refractivity contribution in [1.82, 2.24) is 25.1 Å². The molecule has 2 fully saturated rings. The highest BCUT2D eigenvalue weighted by molar-refractivity contribution is 8.00. The van der Waals surface area contributed by atoms with Gasteiger partial charge in [0.15, 0.2) is 0 Å². The van der Waals surface area contributed by atoms with E-state index >= 15 is 0 Å². The van der Waals surface area contributed by atoms with E-state index in [1.54, 1.807) is 4.68 Å². The van der Waals surface area contributed by atoms with Crippen LogP contribution in [0.25, 0.3) is 0 Å². The van der Waals surface area contributed by atoms with Gasteiger partial charge < -0.3 is 9.64 Å². The second-order valence-corrected chi connectivity index (χ2v) is 8.15. The van der Waals surface area contributed by atoms with Crippen molar-refractivity contribution in [2.45, 2.75) is 55.2 Å². The maximum absolute atomic E-state index is 13.3. The Morgan fingerprint density at radius 2 is 2.00 bits per heavy atom. The number of carbonyl (C=O) groups is 1. The molecule has 2 atom stereocenters. The van der Waals surface area contributed by atoms with Gasteiger partial charge in [-0.1, -0.05) is 42.1 Å². The Morgan fingerprint density at radius 1 is 1.19 bits per heavy atom. The van der Waals surface area contributed by atoms with E-state index in [0.717, 1.165) is 50.9 Å². The molecule has 0 spiro atoms. The van der Waals surface area contributed by atoms with Crippen molar-refractivity contribution in [3.63, 3.8) is 0 Å². The zero-order chi connectivity index (χ0) is 18.5. The molecule has 4 rings (SSSR count). The van der Waals surface area contributed by atoms with Gasteiger partial charge in [0.25, 0.3) is 0 Å². The van der Waals surface area contributed by atoms with Gasteiger partial charge in [0.2, 0.25) is 11.1 Å². The predicted octanol–water partition coefficient (Wildman–Crippen LogP) is 2.70. The number of carbonyl (C=O) groups excluding carboxylic acids is 1. The number of piperidine rings is 1. The maximum atomic E-state index is 13.3. The average Bonchev–Trinajstić information content (AvgIpc) is 3.39. The van der Waals surface area contributed by atoms with E-state index in [1.165, 1.54) is 18.2 Å². The first kappa shape index (κ1) is 18.4. The van der Waals surface area contributed by atoms with Crippen LogP contribution in [0.4, 0.5) is 0 Å². The number of ether oxygens (including phenoxy) is 1. The Kier molecular flexibility index (Phi) is 6.03. The van der Waals surface area contributed by atoms with Gasteiger partial charge in [-0.15, -0.1) is 5.10 Å². The van der Waals surface area contributed by atoms with Crippen molar-refractivity contribution in [2.24, 2.45) is 0 Å². The normalized spacial score (nSPS) is 21.3. The molecule has 2 aromatic rings. The van der Waals surface area contributed by atoms with Crippen LogP contribution in [0.5, 0.6) is 0 Å². The number of benzene rings is 1. The first-order valence-corrected chi connectivity index (χ1v) is 10.6. The number of rotatable bonds is 6. The molecule has 0 saturated carbocycles. The van der Waals surface area contributed by atoms with Crippen molar-refractivity contribution < 1.29 is 9.53 Å². The third kappa shape index (κ3) is 4.50. The lowest BCUT2D eigenvalue weighted by molar-refractivity contribution is -0.131. The molecular weight excluding hydrogens is 362 g/mol. The molecule has 0 unspecified atom stereocenters. The van der Waals surface area contributed by atoms with Crippen molar-refractivity contribution in [3.05, 3.63) is 35.9 Å². The van der Waals surface area contributed by atoms with E-state index < -0.39 is 0 Å². The molecule has 27 heavy (non-hydrogen) atoms. The fourth-order valence-corrected chi connectivity index (χ4v) is 4.72. The molecule has 7 nitrogen and oxygen atoms in total. The third-order valence-electron chi connectivity index (χ3n) is 5.12. The minimum absolute atomic E-state index is 0.151. The smallest absolute Gasteiger partial charge is 0.240 e. The van der Waals surface area contributed by atoms with E-state index in [0.29, 0.717) is 11.7 Å². The van der Waals surface area contributed by atoms with Crippen molar-refractivity contribution in [1.29, 1.82) is 0 Å². The number of aromatic nitrogens is 4. The number of likely N-dealkylation sites (tertiary alicyclic amines) is 1. The number of thioether (sulfide) groups is 1. The second kappa shape index (κ2) is 8.84. The van der Waals surface area contributed by atoms with E-state index in [2.05, 4.69) is 15.5 Å². The van der Waals surface area contributed by atoms with E-state index in [-0.39, 0.29) is 17.3 Å². The number of hydrogen-bond acceptors (Lipinski definition) is 6. The highest BCUT2D eigenvalue weighted by Gasteiger charge is 2.30. The average molecular weight is 388 g/mol. The standard InChI is InChI=1S/C19H25N5O2S/c25-18(23-11-5-2-6-12-23)17(15-8-3-1-4-9-15)27-19-20-21-22-24(19)14-16-10-7-13-26-16/h1,3-4,8-9,16-17H,2,5-7,10-14H2/t16-,17-/m1/s1. The molecule has 2 aliphatic rings. The Bertz CT molecular complexity index is 742. The molecule has 2 saturated heterocycles. The summed E-state index contributed by atoms with van der Waals surface area (Å²) >= 11 is 1.44. The number of tetrazole rings is 1. The lowest BCUT2D eigenvalue weighted by Gasteiger charge is -2.30. The van der Waals surface area contributed by atoms with Gasteiger partial charge in [0.05, 0.1) is 12.6 Å². The van der Waals surface area contributed by atoms with Crippen LogP contribution in [0, 0.1) is 0 Å². The third-order valence-corrected chi connectivity index (χ3v) is 6.33. The van der Waals surface area contributed by atoms with Gasteiger partial charge in [0, 0.05) is 19.7 Å². The summed E-state index contributed by atoms with van der Waals surface area (Å²) in [6.45, 7) is 3.11. The molecule has 8 heteroatoms. The van der Waals surface area contributed by atoms with Gasteiger partial charge in [0.1, 0.15) is 5.25 Å². The summed E-state index contributed by atoms with van der Waals surface area (Å²) in [4.78, 5) is 15.3. The van der Waals surface area contributed by atoms with Crippen LogP contribution < -0.4 is 0 Å². The van der Waals surface area contributed by atoms with Crippen LogP contribution in [0.15, 0.2) is 35.5 Å². The van der Waals surface area contributed by atoms with Crippen LogP contribution >= 0.6 is 11.8 Å². The van der Waals surface area contributed by atoms with Crippen molar-refractivity contribution in [2.75, 3.05) is 19.7 Å². The Balaban J connectivity index is 1.54. The molecule has 0 bridgehead atoms. The molecule has 2 aliphatic heterocycles. The zero-order valence-electron chi connectivity index (χ0n) is 15.4. The highest BCUT2D eigenvalue weighted by Crippen LogP contribution is 2.36. The second-order valence-electron chi connectivity index (χ2n) is 7.07. The fraction of sp³-hybridized carbons (Fsp3) is 0.579. The highest BCUT2D eigenvalue weighted by atomic mass is 32.2. The predicted molar refractivity (Wildman–Crippen MR) is 102 cm³/mol. The van der Waals surface area contributed by atoms with Crippen LogP contribution in [-0.2, 0) is 16.1 Å². The fourth-order valence-electron chi connectivity index (χ4n) is 3.65. The lowest BCUT2D eigenvalue weighted by atomic mass is 10.1. The summed E-state index contributed by atoms with van der Waals surface area (Å²) in [6.07, 6.45) is 5.62. The minimum Gasteiger partial charge on any atom is -0.376 e. The van der Waals surface area contributed by atoms with Gasteiger partial charge in [-0.05, 0) is 48.1 Å². The van der Waals surface area contributed by atoms with E-state index in [9.17, 15) is 4.79 Å². The summed E-state index contributed by atoms with van der Waals surface area (Å²) in [5.74, 6) is 0.151. The summed E-state index contributed by atoms with van der Waals surface area (Å²) < 4.78 is 7.49. The lowest BCUT2D eigenvalue weighted by Crippen LogP contribution is -2.38. The Morgan fingerprint density at radius 3 is 2.74 bits per heavy atom. The molecule has 1 aromatic carbocycles. The molecule has 0 radical (unpaired) electrons. The molecule has 0 aliphatic carbocycles. The van der Waals surface area contributed by atoms with E-state index in [4.69, 9.17) is 4.74 Å². The summed E-state index contributed by atoms with van der Waals surface area (Å²) in [6, 6.07) is 9.93. The van der Waals surface area contributed by atoms with Gasteiger partial charge in [-0.2, -0.15) is 0 Å². The maximum Gasteiger partial charge on any atom is 0.240 e. The number of nitrogens with zero attached hydrogens (tertiary/aromatic N) is 5. The van der Waals surface area contributed by atoms with Gasteiger partial charge in [-0.3, -0.25) is 4.79 Å². The number of hydrogen-bond donors (Lipinski definition) is 0. The molecular formula is C19H25N5O2S. The monoisotopic (exact) mass is 387 g/mol. The summed E-state index contributed by atoms with van der Waals surface area (Å²) in [7, 11) is 0. The Hall–Kier alpha value is -1.93. The van der Waals surface area contributed by atoms with Crippen LogP contribution in [0.1, 0.15) is 42.9 Å². The van der Waals surface area contributed by atoms with E-state index in [1.807, 2.05) is 35.2 Å². The van der Waals surface area contributed by atoms with Crippen molar-refractivity contribution in [3.8, 4) is 0 Å². The first-order valence-electron chi connectivity index (χ1n) is 9.69. The van der Waals surface area contributed by atoms with Gasteiger partial charge >= 0.3 is 0 Å². The topological polar surface area (TPSA) is 73.1 Å². The van der Waals surface area contributed by atoms with Gasteiger partial charge in [-0.25, -0.2) is 4.68 Å². The Labute approximate surface area is 163 Å². The molecule has 1 amide bonds. The van der Waals surface area contributed by atoms with Crippen LogP contribution in [0.3, 0.4) is 0 Å².